The minimum absolute atomic E-state index is 0.0332. The van der Waals surface area contributed by atoms with Crippen molar-refractivity contribution in [2.45, 2.75) is 11.8 Å². The van der Waals surface area contributed by atoms with E-state index in [0.29, 0.717) is 15.1 Å². The summed E-state index contributed by atoms with van der Waals surface area (Å²) in [6.45, 7) is 1.95. The van der Waals surface area contributed by atoms with Crippen molar-refractivity contribution in [1.82, 2.24) is 4.90 Å². The summed E-state index contributed by atoms with van der Waals surface area (Å²) < 4.78 is 0. The van der Waals surface area contributed by atoms with Gasteiger partial charge in [-0.2, -0.15) is 0 Å². The third-order valence-electron chi connectivity index (χ3n) is 4.29. The third kappa shape index (κ3) is 2.92. The zero-order chi connectivity index (χ0) is 18.4. The number of para-hydroxylation sites is 1. The molecule has 2 aromatic rings. The molecule has 0 aromatic heterocycles. The largest absolute Gasteiger partial charge is 0.337 e. The average Bonchev–Trinajstić information content (AvgIpc) is 3.10. The lowest BCUT2D eigenvalue weighted by Crippen LogP contribution is -2.24. The zero-order valence-electron chi connectivity index (χ0n) is 14.5. The van der Waals surface area contributed by atoms with Crippen molar-refractivity contribution >= 4 is 57.6 Å². The molecule has 0 unspecified atom stereocenters. The lowest BCUT2D eigenvalue weighted by Gasteiger charge is -2.14. The highest BCUT2D eigenvalue weighted by molar-refractivity contribution is 8.19. The summed E-state index contributed by atoms with van der Waals surface area (Å²) in [7, 11) is 3.74. The standard InChI is InChI=1S/C19H16ClN3OS2/c1-11-8-9-12(10-13(11)20)21-19-23(3)17(24)16(26-19)18-22(2)14-6-4-5-7-15(14)25-18/h4-10H,1-3H3/b18-16-,21-19?. The van der Waals surface area contributed by atoms with Gasteiger partial charge < -0.3 is 4.90 Å². The predicted octanol–water partition coefficient (Wildman–Crippen LogP) is 5.25. The number of likely N-dealkylation sites (N-methyl/N-ethyl adjacent to an activating group) is 1. The summed E-state index contributed by atoms with van der Waals surface area (Å²) >= 11 is 9.22. The molecule has 132 valence electrons. The van der Waals surface area contributed by atoms with E-state index in [0.717, 1.165) is 26.9 Å². The van der Waals surface area contributed by atoms with Gasteiger partial charge in [-0.3, -0.25) is 9.69 Å². The van der Waals surface area contributed by atoms with Crippen LogP contribution in [0, 0.1) is 6.92 Å². The number of nitrogens with zero attached hydrogens (tertiary/aromatic N) is 3. The van der Waals surface area contributed by atoms with Gasteiger partial charge in [0.05, 0.1) is 16.4 Å². The number of carbonyl (C=O) groups excluding carboxylic acids is 1. The molecule has 2 heterocycles. The Bertz CT molecular complexity index is 986. The minimum Gasteiger partial charge on any atom is -0.337 e. The number of hydrogen-bond acceptors (Lipinski definition) is 5. The summed E-state index contributed by atoms with van der Waals surface area (Å²) in [6.07, 6.45) is 0. The van der Waals surface area contributed by atoms with Gasteiger partial charge in [-0.25, -0.2) is 4.99 Å². The maximum Gasteiger partial charge on any atom is 0.269 e. The Kier molecular flexibility index (Phi) is 4.50. The van der Waals surface area contributed by atoms with Crippen LogP contribution in [0.5, 0.6) is 0 Å². The number of carbonyl (C=O) groups is 1. The fourth-order valence-electron chi connectivity index (χ4n) is 2.74. The number of hydrogen-bond donors (Lipinski definition) is 0. The van der Waals surface area contributed by atoms with Gasteiger partial charge in [0.15, 0.2) is 5.17 Å². The van der Waals surface area contributed by atoms with Crippen LogP contribution in [-0.2, 0) is 4.79 Å². The Hall–Kier alpha value is -1.89. The number of amidine groups is 1. The van der Waals surface area contributed by atoms with Crippen molar-refractivity contribution in [2.75, 3.05) is 19.0 Å². The highest BCUT2D eigenvalue weighted by atomic mass is 35.5. The van der Waals surface area contributed by atoms with E-state index in [1.165, 1.54) is 11.8 Å². The maximum atomic E-state index is 12.8. The van der Waals surface area contributed by atoms with Crippen molar-refractivity contribution in [2.24, 2.45) is 4.99 Å². The number of rotatable bonds is 1. The molecule has 2 aromatic carbocycles. The van der Waals surface area contributed by atoms with Gasteiger partial charge in [-0.1, -0.05) is 41.6 Å². The molecule has 0 spiro atoms. The van der Waals surface area contributed by atoms with E-state index < -0.39 is 0 Å². The Balaban J connectivity index is 1.70. The van der Waals surface area contributed by atoms with Crippen LogP contribution in [0.25, 0.3) is 0 Å². The van der Waals surface area contributed by atoms with Gasteiger partial charge in [0.2, 0.25) is 0 Å². The van der Waals surface area contributed by atoms with E-state index in [2.05, 4.69) is 22.0 Å². The van der Waals surface area contributed by atoms with Crippen LogP contribution in [0.3, 0.4) is 0 Å². The monoisotopic (exact) mass is 401 g/mol. The molecule has 0 aliphatic carbocycles. The second kappa shape index (κ2) is 6.68. The maximum absolute atomic E-state index is 12.8. The molecule has 0 atom stereocenters. The molecule has 2 aliphatic rings. The number of halogens is 1. The fraction of sp³-hybridized carbons (Fsp3) is 0.158. The molecular formula is C19H16ClN3OS2. The van der Waals surface area contributed by atoms with Crippen LogP contribution in [-0.4, -0.2) is 30.1 Å². The van der Waals surface area contributed by atoms with Crippen molar-refractivity contribution in [3.8, 4) is 0 Å². The van der Waals surface area contributed by atoms with Gasteiger partial charge in [0.1, 0.15) is 4.91 Å². The fourth-order valence-corrected chi connectivity index (χ4v) is 5.25. The van der Waals surface area contributed by atoms with E-state index >= 15 is 0 Å². The molecule has 0 saturated carbocycles. The number of aliphatic imine (C=N–C) groups is 1. The first-order valence-corrected chi connectivity index (χ1v) is 10.0. The number of amides is 1. The molecule has 0 bridgehead atoms. The number of aryl methyl sites for hydroxylation is 1. The first-order chi connectivity index (χ1) is 12.5. The van der Waals surface area contributed by atoms with Crippen molar-refractivity contribution in [3.05, 3.63) is 63.0 Å². The van der Waals surface area contributed by atoms with Crippen molar-refractivity contribution in [1.29, 1.82) is 0 Å². The third-order valence-corrected chi connectivity index (χ3v) is 7.18. The SMILES string of the molecule is Cc1ccc(N=C2S/C(=C3\Sc4ccccc4N3C)C(=O)N2C)cc1Cl. The molecule has 2 aliphatic heterocycles. The van der Waals surface area contributed by atoms with Crippen LogP contribution in [0.1, 0.15) is 5.56 Å². The molecular weight excluding hydrogens is 386 g/mol. The van der Waals surface area contributed by atoms with Crippen LogP contribution >= 0.6 is 35.1 Å². The average molecular weight is 402 g/mol. The predicted molar refractivity (Wildman–Crippen MR) is 111 cm³/mol. The molecule has 4 rings (SSSR count). The number of benzene rings is 2. The van der Waals surface area contributed by atoms with Crippen LogP contribution in [0.15, 0.2) is 62.3 Å². The molecule has 7 heteroatoms. The summed E-state index contributed by atoms with van der Waals surface area (Å²) in [5.74, 6) is -0.0332. The zero-order valence-corrected chi connectivity index (χ0v) is 16.9. The lowest BCUT2D eigenvalue weighted by atomic mass is 10.2. The summed E-state index contributed by atoms with van der Waals surface area (Å²) in [6, 6.07) is 13.8. The lowest BCUT2D eigenvalue weighted by molar-refractivity contribution is -0.121. The number of fused-ring (bicyclic) bond motifs is 1. The van der Waals surface area contributed by atoms with E-state index in [1.807, 2.05) is 44.3 Å². The number of thioether (sulfide) groups is 2. The quantitative estimate of drug-likeness (QED) is 0.611. The smallest absolute Gasteiger partial charge is 0.269 e. The van der Waals surface area contributed by atoms with Crippen LogP contribution in [0.4, 0.5) is 11.4 Å². The Morgan fingerprint density at radius 2 is 1.81 bits per heavy atom. The van der Waals surface area contributed by atoms with Crippen molar-refractivity contribution in [3.63, 3.8) is 0 Å². The van der Waals surface area contributed by atoms with Gasteiger partial charge >= 0.3 is 0 Å². The Morgan fingerprint density at radius 3 is 2.54 bits per heavy atom. The topological polar surface area (TPSA) is 35.9 Å². The van der Waals surface area contributed by atoms with Crippen LogP contribution < -0.4 is 4.90 Å². The Morgan fingerprint density at radius 1 is 1.04 bits per heavy atom. The normalized spacial score (nSPS) is 21.1. The summed E-state index contributed by atoms with van der Waals surface area (Å²) in [5, 5.41) is 2.27. The Labute approximate surface area is 165 Å². The van der Waals surface area contributed by atoms with E-state index in [1.54, 1.807) is 23.7 Å². The van der Waals surface area contributed by atoms with E-state index in [4.69, 9.17) is 11.6 Å². The summed E-state index contributed by atoms with van der Waals surface area (Å²) in [4.78, 5) is 23.0. The van der Waals surface area contributed by atoms with E-state index in [9.17, 15) is 4.79 Å². The molecule has 26 heavy (non-hydrogen) atoms. The first-order valence-electron chi connectivity index (χ1n) is 8.01. The molecule has 1 saturated heterocycles. The first kappa shape index (κ1) is 17.5. The molecule has 4 nitrogen and oxygen atoms in total. The van der Waals surface area contributed by atoms with Gasteiger partial charge in [0.25, 0.3) is 5.91 Å². The molecule has 0 N–H and O–H groups in total. The number of anilines is 1. The highest BCUT2D eigenvalue weighted by Crippen LogP contribution is 2.49. The highest BCUT2D eigenvalue weighted by Gasteiger charge is 2.37. The summed E-state index contributed by atoms with van der Waals surface area (Å²) in [5.41, 5.74) is 2.86. The second-order valence-electron chi connectivity index (χ2n) is 6.06. The van der Waals surface area contributed by atoms with Gasteiger partial charge in [0, 0.05) is 24.0 Å². The van der Waals surface area contributed by atoms with Crippen LogP contribution in [0.2, 0.25) is 5.02 Å². The van der Waals surface area contributed by atoms with Crippen molar-refractivity contribution < 1.29 is 4.79 Å². The minimum atomic E-state index is -0.0332. The molecule has 1 fully saturated rings. The second-order valence-corrected chi connectivity index (χ2v) is 8.47. The van der Waals surface area contributed by atoms with Gasteiger partial charge in [-0.05, 0) is 48.5 Å². The molecule has 0 radical (unpaired) electrons. The van der Waals surface area contributed by atoms with E-state index in [-0.39, 0.29) is 5.91 Å². The van der Waals surface area contributed by atoms with Gasteiger partial charge in [-0.15, -0.1) is 0 Å². The molecule has 1 amide bonds.